The molecule has 0 atom stereocenters. The van der Waals surface area contributed by atoms with Crippen molar-refractivity contribution in [3.63, 3.8) is 0 Å². The van der Waals surface area contributed by atoms with Gasteiger partial charge in [0.2, 0.25) is 0 Å². The highest BCUT2D eigenvalue weighted by Crippen LogP contribution is 2.35. The van der Waals surface area contributed by atoms with Gasteiger partial charge in [0.15, 0.2) is 5.78 Å². The van der Waals surface area contributed by atoms with Gasteiger partial charge < -0.3 is 0 Å². The lowest BCUT2D eigenvalue weighted by Crippen LogP contribution is -2.18. The van der Waals surface area contributed by atoms with Gasteiger partial charge in [-0.2, -0.15) is 0 Å². The highest BCUT2D eigenvalue weighted by Gasteiger charge is 2.36. The molecular formula is C13H18O. The third-order valence-electron chi connectivity index (χ3n) is 2.51. The summed E-state index contributed by atoms with van der Waals surface area (Å²) in [6.07, 6.45) is 0.891. The van der Waals surface area contributed by atoms with E-state index in [1.54, 1.807) is 0 Å². The van der Waals surface area contributed by atoms with Crippen LogP contribution in [0.2, 0.25) is 0 Å². The minimum Gasteiger partial charge on any atom is -0.294 e. The average Bonchev–Trinajstić information content (AvgIpc) is 2.42. The maximum Gasteiger partial charge on any atom is 0.169 e. The predicted octanol–water partition coefficient (Wildman–Crippen LogP) is 3.48. The molecule has 0 saturated carbocycles. The van der Waals surface area contributed by atoms with Gasteiger partial charge in [0.25, 0.3) is 0 Å². The van der Waals surface area contributed by atoms with Crippen molar-refractivity contribution < 1.29 is 4.79 Å². The lowest BCUT2D eigenvalue weighted by molar-refractivity contribution is 0.0863. The number of carbonyl (C=O) groups is 1. The van der Waals surface area contributed by atoms with Crippen LogP contribution in [0.1, 0.15) is 43.6 Å². The normalized spacial score (nSPS) is 17.0. The summed E-state index contributed by atoms with van der Waals surface area (Å²) in [5.41, 5.74) is 1.94. The Morgan fingerprint density at radius 2 is 1.71 bits per heavy atom. The average molecular weight is 190 g/mol. The summed E-state index contributed by atoms with van der Waals surface area (Å²) < 4.78 is 0. The molecule has 76 valence electrons. The van der Waals surface area contributed by atoms with Crippen LogP contribution in [-0.2, 0) is 6.42 Å². The Bertz CT molecular complexity index is 337. The van der Waals surface area contributed by atoms with Gasteiger partial charge in [-0.25, -0.2) is 0 Å². The minimum absolute atomic E-state index is 0.177. The molecule has 0 amide bonds. The van der Waals surface area contributed by atoms with Crippen molar-refractivity contribution in [2.45, 2.75) is 34.1 Å². The van der Waals surface area contributed by atoms with Gasteiger partial charge in [-0.3, -0.25) is 4.79 Å². The minimum atomic E-state index is -0.177. The first-order valence-corrected chi connectivity index (χ1v) is 5.24. The van der Waals surface area contributed by atoms with Crippen molar-refractivity contribution in [3.8, 4) is 0 Å². The fourth-order valence-corrected chi connectivity index (χ4v) is 1.82. The fraction of sp³-hybridized carbons (Fsp3) is 0.462. The molecule has 1 nitrogen and oxygen atoms in total. The van der Waals surface area contributed by atoms with Crippen molar-refractivity contribution in [3.05, 3.63) is 35.4 Å². The van der Waals surface area contributed by atoms with E-state index in [1.807, 2.05) is 52.0 Å². The number of rotatable bonds is 0. The number of carbonyl (C=O) groups excluding carboxylic acids is 1. The van der Waals surface area contributed by atoms with E-state index in [2.05, 4.69) is 0 Å². The SMILES string of the molecule is CC.CC1(C)Cc2ccccc2C1=O. The second-order valence-corrected chi connectivity index (χ2v) is 4.05. The van der Waals surface area contributed by atoms with E-state index in [-0.39, 0.29) is 11.2 Å². The van der Waals surface area contributed by atoms with Crippen LogP contribution in [0.15, 0.2) is 24.3 Å². The van der Waals surface area contributed by atoms with Crippen LogP contribution in [0.4, 0.5) is 0 Å². The van der Waals surface area contributed by atoms with Gasteiger partial charge in [-0.1, -0.05) is 52.0 Å². The highest BCUT2D eigenvalue weighted by atomic mass is 16.1. The third-order valence-corrected chi connectivity index (χ3v) is 2.51. The van der Waals surface area contributed by atoms with Crippen LogP contribution in [0.3, 0.4) is 0 Å². The quantitative estimate of drug-likeness (QED) is 0.612. The Kier molecular flexibility index (Phi) is 3.10. The van der Waals surface area contributed by atoms with Crippen LogP contribution >= 0.6 is 0 Å². The number of hydrogen-bond acceptors (Lipinski definition) is 1. The van der Waals surface area contributed by atoms with E-state index in [4.69, 9.17) is 0 Å². The zero-order valence-corrected chi connectivity index (χ0v) is 9.42. The second kappa shape index (κ2) is 3.95. The maximum absolute atomic E-state index is 11.7. The van der Waals surface area contributed by atoms with Crippen molar-refractivity contribution in [1.82, 2.24) is 0 Å². The van der Waals surface area contributed by atoms with E-state index in [0.29, 0.717) is 0 Å². The molecule has 0 heterocycles. The number of hydrogen-bond donors (Lipinski definition) is 0. The van der Waals surface area contributed by atoms with Gasteiger partial charge >= 0.3 is 0 Å². The van der Waals surface area contributed by atoms with E-state index in [0.717, 1.165) is 12.0 Å². The molecule has 0 fully saturated rings. The van der Waals surface area contributed by atoms with Gasteiger partial charge in [-0.15, -0.1) is 0 Å². The molecule has 0 radical (unpaired) electrons. The zero-order valence-electron chi connectivity index (χ0n) is 9.42. The highest BCUT2D eigenvalue weighted by molar-refractivity contribution is 6.04. The van der Waals surface area contributed by atoms with E-state index < -0.39 is 0 Å². The summed E-state index contributed by atoms with van der Waals surface area (Å²) >= 11 is 0. The lowest BCUT2D eigenvalue weighted by Gasteiger charge is -2.12. The molecule has 0 saturated heterocycles. The van der Waals surface area contributed by atoms with Gasteiger partial charge in [0, 0.05) is 11.0 Å². The Morgan fingerprint density at radius 1 is 1.14 bits per heavy atom. The molecule has 2 rings (SSSR count). The summed E-state index contributed by atoms with van der Waals surface area (Å²) in [5.74, 6) is 0.290. The second-order valence-electron chi connectivity index (χ2n) is 4.05. The Morgan fingerprint density at radius 3 is 2.29 bits per heavy atom. The van der Waals surface area contributed by atoms with E-state index in [9.17, 15) is 4.79 Å². The van der Waals surface area contributed by atoms with Gasteiger partial charge in [0.1, 0.15) is 0 Å². The lowest BCUT2D eigenvalue weighted by atomic mass is 9.89. The van der Waals surface area contributed by atoms with Crippen LogP contribution in [-0.4, -0.2) is 5.78 Å². The third kappa shape index (κ3) is 1.72. The molecule has 0 N–H and O–H groups in total. The summed E-state index contributed by atoms with van der Waals surface area (Å²) in [6, 6.07) is 7.89. The Hall–Kier alpha value is -1.11. The molecule has 1 aliphatic rings. The fourth-order valence-electron chi connectivity index (χ4n) is 1.82. The Balaban J connectivity index is 0.000000461. The van der Waals surface area contributed by atoms with E-state index in [1.165, 1.54) is 5.56 Å². The summed E-state index contributed by atoms with van der Waals surface area (Å²) in [7, 11) is 0. The molecule has 0 bridgehead atoms. The molecule has 0 unspecified atom stereocenters. The van der Waals surface area contributed by atoms with Crippen LogP contribution in [0.5, 0.6) is 0 Å². The number of ketones is 1. The first-order valence-electron chi connectivity index (χ1n) is 5.24. The van der Waals surface area contributed by atoms with Crippen molar-refractivity contribution in [2.24, 2.45) is 5.41 Å². The van der Waals surface area contributed by atoms with Crippen molar-refractivity contribution in [2.75, 3.05) is 0 Å². The molecule has 0 aromatic heterocycles. The monoisotopic (exact) mass is 190 g/mol. The predicted molar refractivity (Wildman–Crippen MR) is 59.6 cm³/mol. The molecule has 14 heavy (non-hydrogen) atoms. The largest absolute Gasteiger partial charge is 0.294 e. The van der Waals surface area contributed by atoms with Crippen LogP contribution in [0.25, 0.3) is 0 Å². The molecule has 1 aliphatic carbocycles. The Labute approximate surface area is 86.1 Å². The molecular weight excluding hydrogens is 172 g/mol. The van der Waals surface area contributed by atoms with Gasteiger partial charge in [0.05, 0.1) is 0 Å². The topological polar surface area (TPSA) is 17.1 Å². The maximum atomic E-state index is 11.7. The summed E-state index contributed by atoms with van der Waals surface area (Å²) in [5, 5.41) is 0. The molecule has 1 aromatic carbocycles. The standard InChI is InChI=1S/C11H12O.C2H6/c1-11(2)7-8-5-3-4-6-9(8)10(11)12;1-2/h3-6H,7H2,1-2H3;1-2H3. The molecule has 1 aromatic rings. The first kappa shape index (κ1) is 11.0. The smallest absolute Gasteiger partial charge is 0.169 e. The van der Waals surface area contributed by atoms with Crippen molar-refractivity contribution >= 4 is 5.78 Å². The number of fused-ring (bicyclic) bond motifs is 1. The number of Topliss-reactive ketones (excluding diaryl/α,β-unsaturated/α-hetero) is 1. The van der Waals surface area contributed by atoms with Crippen LogP contribution < -0.4 is 0 Å². The zero-order chi connectivity index (χ0) is 10.8. The molecule has 0 spiro atoms. The first-order chi connectivity index (χ1) is 6.61. The molecule has 1 heteroatoms. The number of benzene rings is 1. The van der Waals surface area contributed by atoms with Crippen molar-refractivity contribution in [1.29, 1.82) is 0 Å². The van der Waals surface area contributed by atoms with Crippen LogP contribution in [0, 0.1) is 5.41 Å². The van der Waals surface area contributed by atoms with E-state index >= 15 is 0 Å². The summed E-state index contributed by atoms with van der Waals surface area (Å²) in [6.45, 7) is 8.02. The van der Waals surface area contributed by atoms with Gasteiger partial charge in [-0.05, 0) is 12.0 Å². The summed E-state index contributed by atoms with van der Waals surface area (Å²) in [4.78, 5) is 11.7. The molecule has 0 aliphatic heterocycles.